The molecule has 0 aliphatic rings. The molecule has 0 spiro atoms. The van der Waals surface area contributed by atoms with Gasteiger partial charge in [0.25, 0.3) is 6.10 Å². The van der Waals surface area contributed by atoms with E-state index in [1.807, 2.05) is 0 Å². The van der Waals surface area contributed by atoms with Gasteiger partial charge in [-0.05, 0) is 6.42 Å². The number of halogens is 6. The molecule has 0 amide bonds. The topological polar surface area (TPSA) is 26.3 Å². The molecule has 0 aromatic rings. The van der Waals surface area contributed by atoms with Crippen molar-refractivity contribution in [2.24, 2.45) is 0 Å². The second-order valence-corrected chi connectivity index (χ2v) is 3.22. The van der Waals surface area contributed by atoms with Crippen molar-refractivity contribution < 1.29 is 35.9 Å². The van der Waals surface area contributed by atoms with Crippen LogP contribution in [0, 0.1) is 0 Å². The molecule has 0 aliphatic heterocycles. The smallest absolute Gasteiger partial charge is 0.434 e. The van der Waals surface area contributed by atoms with Gasteiger partial charge in [-0.1, -0.05) is 19.9 Å². The highest BCUT2D eigenvalue weighted by molar-refractivity contribution is 5.87. The molecule has 0 atom stereocenters. The fourth-order valence-electron chi connectivity index (χ4n) is 0.913. The van der Waals surface area contributed by atoms with Gasteiger partial charge in [0.1, 0.15) is 0 Å². The molecular formula is C9H10F6O2. The van der Waals surface area contributed by atoms with Crippen molar-refractivity contribution >= 4 is 5.97 Å². The summed E-state index contributed by atoms with van der Waals surface area (Å²) in [5.74, 6) is -1.69. The molecule has 0 fully saturated rings. The Morgan fingerprint density at radius 3 is 1.88 bits per heavy atom. The number of carbonyl (C=O) groups excluding carboxylic acids is 1. The maximum atomic E-state index is 12.0. The van der Waals surface area contributed by atoms with Crippen molar-refractivity contribution in [2.45, 2.75) is 38.2 Å². The van der Waals surface area contributed by atoms with Gasteiger partial charge >= 0.3 is 18.3 Å². The number of alkyl halides is 6. The average Bonchev–Trinajstić information content (AvgIpc) is 2.10. The Morgan fingerprint density at radius 2 is 1.59 bits per heavy atom. The quantitative estimate of drug-likeness (QED) is 0.442. The van der Waals surface area contributed by atoms with E-state index in [0.717, 1.165) is 0 Å². The van der Waals surface area contributed by atoms with E-state index in [2.05, 4.69) is 11.3 Å². The van der Waals surface area contributed by atoms with Gasteiger partial charge in [0.15, 0.2) is 0 Å². The Labute approximate surface area is 93.2 Å². The second-order valence-electron chi connectivity index (χ2n) is 3.22. The summed E-state index contributed by atoms with van der Waals surface area (Å²) in [5.41, 5.74) is -0.425. The van der Waals surface area contributed by atoms with Gasteiger partial charge in [-0.3, -0.25) is 0 Å². The van der Waals surface area contributed by atoms with Crippen LogP contribution in [0.2, 0.25) is 0 Å². The standard InChI is InChI=1S/C9H10F6O2/c1-3-4-5(2)6(16)17-7(8(10,11)12)9(13,14)15/h7H,2-4H2,1H3. The van der Waals surface area contributed by atoms with Gasteiger partial charge in [0, 0.05) is 5.57 Å². The van der Waals surface area contributed by atoms with Crippen LogP contribution in [-0.4, -0.2) is 24.4 Å². The number of hydrogen-bond acceptors (Lipinski definition) is 2. The van der Waals surface area contributed by atoms with E-state index in [1.54, 1.807) is 6.92 Å². The van der Waals surface area contributed by atoms with E-state index in [4.69, 9.17) is 0 Å². The fourth-order valence-corrected chi connectivity index (χ4v) is 0.913. The Hall–Kier alpha value is -1.21. The van der Waals surface area contributed by atoms with Crippen LogP contribution in [0.15, 0.2) is 12.2 Å². The summed E-state index contributed by atoms with van der Waals surface area (Å²) in [6.07, 6.45) is -15.2. The summed E-state index contributed by atoms with van der Waals surface area (Å²) in [6.45, 7) is 4.64. The highest BCUT2D eigenvalue weighted by Crippen LogP contribution is 2.36. The minimum atomic E-state index is -5.69. The number of esters is 1. The summed E-state index contributed by atoms with van der Waals surface area (Å²) in [5, 5.41) is 0. The maximum Gasteiger partial charge on any atom is 0.434 e. The van der Waals surface area contributed by atoms with E-state index < -0.39 is 30.0 Å². The summed E-state index contributed by atoms with van der Waals surface area (Å²) in [6, 6.07) is 0. The Bertz CT molecular complexity index is 277. The molecule has 0 bridgehead atoms. The Morgan fingerprint density at radius 1 is 1.18 bits per heavy atom. The largest absolute Gasteiger partial charge is 0.439 e. The monoisotopic (exact) mass is 264 g/mol. The number of hydrogen-bond donors (Lipinski definition) is 0. The minimum Gasteiger partial charge on any atom is -0.439 e. The SMILES string of the molecule is C=C(CCC)C(=O)OC(C(F)(F)F)C(F)(F)F. The molecule has 0 radical (unpaired) electrons. The van der Waals surface area contributed by atoms with Crippen molar-refractivity contribution in [3.63, 3.8) is 0 Å². The first kappa shape index (κ1) is 15.8. The molecule has 2 nitrogen and oxygen atoms in total. The van der Waals surface area contributed by atoms with E-state index in [1.165, 1.54) is 0 Å². The summed E-state index contributed by atoms with van der Waals surface area (Å²) < 4.78 is 75.4. The van der Waals surface area contributed by atoms with Gasteiger partial charge in [0.2, 0.25) is 0 Å². The predicted molar refractivity (Wildman–Crippen MR) is 46.0 cm³/mol. The van der Waals surface area contributed by atoms with E-state index >= 15 is 0 Å². The number of carbonyl (C=O) groups is 1. The van der Waals surface area contributed by atoms with Crippen LogP contribution in [0.4, 0.5) is 26.3 Å². The van der Waals surface area contributed by atoms with Gasteiger partial charge in [-0.15, -0.1) is 0 Å². The zero-order chi connectivity index (χ0) is 13.9. The molecule has 8 heteroatoms. The molecule has 0 N–H and O–H groups in total. The number of ether oxygens (including phenoxy) is 1. The van der Waals surface area contributed by atoms with E-state index in [0.29, 0.717) is 6.42 Å². The minimum absolute atomic E-state index is 0.0265. The zero-order valence-electron chi connectivity index (χ0n) is 8.78. The molecule has 0 saturated carbocycles. The third kappa shape index (κ3) is 5.10. The molecule has 0 aliphatic carbocycles. The highest BCUT2D eigenvalue weighted by atomic mass is 19.4. The summed E-state index contributed by atoms with van der Waals surface area (Å²) in [4.78, 5) is 10.9. The Balaban J connectivity index is 4.80. The molecule has 0 rings (SSSR count). The molecule has 17 heavy (non-hydrogen) atoms. The molecule has 0 heterocycles. The van der Waals surface area contributed by atoms with Crippen molar-refractivity contribution in [2.75, 3.05) is 0 Å². The molecule has 0 saturated heterocycles. The number of rotatable bonds is 4. The summed E-state index contributed by atoms with van der Waals surface area (Å²) in [7, 11) is 0. The molecule has 0 aromatic heterocycles. The lowest BCUT2D eigenvalue weighted by Crippen LogP contribution is -2.45. The van der Waals surface area contributed by atoms with Gasteiger partial charge in [0.05, 0.1) is 0 Å². The van der Waals surface area contributed by atoms with Crippen molar-refractivity contribution in [1.82, 2.24) is 0 Å². The van der Waals surface area contributed by atoms with Gasteiger partial charge in [-0.2, -0.15) is 26.3 Å². The lowest BCUT2D eigenvalue weighted by Gasteiger charge is -2.23. The van der Waals surface area contributed by atoms with Crippen LogP contribution >= 0.6 is 0 Å². The van der Waals surface area contributed by atoms with Crippen LogP contribution in [0.5, 0.6) is 0 Å². The Kier molecular flexibility index (Phi) is 5.03. The van der Waals surface area contributed by atoms with Gasteiger partial charge < -0.3 is 4.74 Å². The first-order valence-corrected chi connectivity index (χ1v) is 4.52. The van der Waals surface area contributed by atoms with E-state index in [9.17, 15) is 31.1 Å². The van der Waals surface area contributed by atoms with Crippen LogP contribution in [0.1, 0.15) is 19.8 Å². The zero-order valence-corrected chi connectivity index (χ0v) is 8.78. The normalized spacial score (nSPS) is 12.7. The lowest BCUT2D eigenvalue weighted by atomic mass is 10.2. The predicted octanol–water partition coefficient (Wildman–Crippen LogP) is 3.38. The van der Waals surface area contributed by atoms with Crippen LogP contribution in [0.25, 0.3) is 0 Å². The third-order valence-electron chi connectivity index (χ3n) is 1.66. The van der Waals surface area contributed by atoms with Crippen molar-refractivity contribution in [3.8, 4) is 0 Å². The van der Waals surface area contributed by atoms with Crippen LogP contribution < -0.4 is 0 Å². The lowest BCUT2D eigenvalue weighted by molar-refractivity contribution is -0.312. The van der Waals surface area contributed by atoms with Crippen molar-refractivity contribution in [1.29, 1.82) is 0 Å². The van der Waals surface area contributed by atoms with E-state index in [-0.39, 0.29) is 6.42 Å². The first-order chi connectivity index (χ1) is 7.50. The first-order valence-electron chi connectivity index (χ1n) is 4.52. The van der Waals surface area contributed by atoms with Gasteiger partial charge in [-0.25, -0.2) is 4.79 Å². The molecule has 0 aromatic carbocycles. The van der Waals surface area contributed by atoms with Crippen LogP contribution in [-0.2, 0) is 9.53 Å². The highest BCUT2D eigenvalue weighted by Gasteiger charge is 2.59. The summed E-state index contributed by atoms with van der Waals surface area (Å²) >= 11 is 0. The van der Waals surface area contributed by atoms with Crippen molar-refractivity contribution in [3.05, 3.63) is 12.2 Å². The molecular weight excluding hydrogens is 254 g/mol. The second kappa shape index (κ2) is 5.42. The van der Waals surface area contributed by atoms with Crippen LogP contribution in [0.3, 0.4) is 0 Å². The molecule has 100 valence electrons. The third-order valence-corrected chi connectivity index (χ3v) is 1.66. The fraction of sp³-hybridized carbons (Fsp3) is 0.667. The maximum absolute atomic E-state index is 12.0. The average molecular weight is 264 g/mol. The molecule has 0 unspecified atom stereocenters.